The lowest BCUT2D eigenvalue weighted by molar-refractivity contribution is 0.751. The number of hydrogen-bond acceptors (Lipinski definition) is 6. The average Bonchev–Trinajstić information content (AvgIpc) is 3.03. The molecule has 25 heavy (non-hydrogen) atoms. The highest BCUT2D eigenvalue weighted by Gasteiger charge is 2.21. The number of nitrogens with two attached hydrogens (primary N) is 1. The van der Waals surface area contributed by atoms with Gasteiger partial charge in [0.25, 0.3) is 0 Å². The summed E-state index contributed by atoms with van der Waals surface area (Å²) >= 11 is 0. The van der Waals surface area contributed by atoms with E-state index in [9.17, 15) is 5.26 Å². The van der Waals surface area contributed by atoms with Crippen LogP contribution in [0.15, 0.2) is 24.3 Å². The van der Waals surface area contributed by atoms with Gasteiger partial charge in [-0.1, -0.05) is 19.4 Å². The summed E-state index contributed by atoms with van der Waals surface area (Å²) in [7, 11) is 0. The van der Waals surface area contributed by atoms with Gasteiger partial charge in [0, 0.05) is 36.6 Å². The quantitative estimate of drug-likeness (QED) is 0.872. The minimum atomic E-state index is 0.205. The molecule has 1 aliphatic heterocycles. The van der Waals surface area contributed by atoms with Crippen molar-refractivity contribution in [3.05, 3.63) is 41.1 Å². The number of aromatic nitrogens is 2. The maximum Gasteiger partial charge on any atom is 0.229 e. The van der Waals surface area contributed by atoms with Crippen LogP contribution in [0.5, 0.6) is 0 Å². The Morgan fingerprint density at radius 3 is 2.88 bits per heavy atom. The zero-order valence-corrected chi connectivity index (χ0v) is 14.8. The normalized spacial score (nSPS) is 16.7. The van der Waals surface area contributed by atoms with Crippen LogP contribution in [-0.2, 0) is 6.42 Å². The Morgan fingerprint density at radius 2 is 2.20 bits per heavy atom. The lowest BCUT2D eigenvalue weighted by atomic mass is 10.1. The van der Waals surface area contributed by atoms with Crippen molar-refractivity contribution in [3.8, 4) is 6.07 Å². The predicted octanol–water partition coefficient (Wildman–Crippen LogP) is 2.89. The van der Waals surface area contributed by atoms with Crippen LogP contribution in [0, 0.1) is 18.3 Å². The van der Waals surface area contributed by atoms with E-state index in [0.29, 0.717) is 11.5 Å². The van der Waals surface area contributed by atoms with Gasteiger partial charge in [0.1, 0.15) is 5.82 Å². The number of hydrogen-bond donors (Lipinski definition) is 2. The molecule has 6 nitrogen and oxygen atoms in total. The molecule has 1 aromatic heterocycles. The first-order chi connectivity index (χ1) is 12.1. The highest BCUT2D eigenvalue weighted by molar-refractivity contribution is 5.59. The molecule has 0 saturated carbocycles. The zero-order chi connectivity index (χ0) is 17.8. The molecule has 6 heteroatoms. The number of benzene rings is 1. The molecule has 2 aromatic rings. The van der Waals surface area contributed by atoms with Crippen LogP contribution in [0.25, 0.3) is 0 Å². The Morgan fingerprint density at radius 1 is 1.36 bits per heavy atom. The van der Waals surface area contributed by atoms with Crippen LogP contribution in [0.3, 0.4) is 0 Å². The molecule has 1 fully saturated rings. The first kappa shape index (κ1) is 17.2. The van der Waals surface area contributed by atoms with Crippen molar-refractivity contribution in [2.75, 3.05) is 23.3 Å². The molecule has 0 spiro atoms. The van der Waals surface area contributed by atoms with E-state index in [1.54, 1.807) is 0 Å². The Labute approximate surface area is 148 Å². The van der Waals surface area contributed by atoms with Crippen molar-refractivity contribution in [3.63, 3.8) is 0 Å². The largest absolute Gasteiger partial charge is 0.355 e. The van der Waals surface area contributed by atoms with Crippen LogP contribution in [0.4, 0.5) is 17.5 Å². The van der Waals surface area contributed by atoms with Gasteiger partial charge in [-0.15, -0.1) is 0 Å². The van der Waals surface area contributed by atoms with Gasteiger partial charge in [-0.3, -0.25) is 0 Å². The third-order valence-electron chi connectivity index (χ3n) is 4.43. The zero-order valence-electron chi connectivity index (χ0n) is 14.8. The van der Waals surface area contributed by atoms with Crippen LogP contribution in [0.1, 0.15) is 36.6 Å². The van der Waals surface area contributed by atoms with Gasteiger partial charge in [0.2, 0.25) is 5.95 Å². The molecule has 1 saturated heterocycles. The lowest BCUT2D eigenvalue weighted by Crippen LogP contribution is -2.27. The second-order valence-electron chi connectivity index (χ2n) is 6.55. The molecule has 0 amide bonds. The molecule has 3 rings (SSSR count). The second-order valence-corrected chi connectivity index (χ2v) is 6.55. The van der Waals surface area contributed by atoms with Gasteiger partial charge in [0.15, 0.2) is 0 Å². The van der Waals surface area contributed by atoms with Crippen molar-refractivity contribution in [1.82, 2.24) is 9.97 Å². The molecular formula is C19H24N6. The number of nitrogens with zero attached hydrogens (tertiary/aromatic N) is 4. The van der Waals surface area contributed by atoms with Crippen LogP contribution < -0.4 is 16.0 Å². The first-order valence-corrected chi connectivity index (χ1v) is 8.75. The molecule has 1 aliphatic rings. The van der Waals surface area contributed by atoms with E-state index in [4.69, 9.17) is 5.73 Å². The van der Waals surface area contributed by atoms with Crippen molar-refractivity contribution >= 4 is 17.5 Å². The summed E-state index contributed by atoms with van der Waals surface area (Å²) in [6, 6.07) is 10.2. The van der Waals surface area contributed by atoms with Crippen molar-refractivity contribution in [2.24, 2.45) is 5.73 Å². The second kappa shape index (κ2) is 7.49. The van der Waals surface area contributed by atoms with Crippen LogP contribution in [0.2, 0.25) is 0 Å². The molecule has 1 atom stereocenters. The average molecular weight is 336 g/mol. The van der Waals surface area contributed by atoms with E-state index in [1.165, 1.54) is 0 Å². The molecule has 0 aliphatic carbocycles. The summed E-state index contributed by atoms with van der Waals surface area (Å²) in [6.07, 6.45) is 2.92. The van der Waals surface area contributed by atoms with Crippen molar-refractivity contribution in [2.45, 2.75) is 39.2 Å². The predicted molar refractivity (Wildman–Crippen MR) is 100 cm³/mol. The van der Waals surface area contributed by atoms with Gasteiger partial charge in [0.05, 0.1) is 11.6 Å². The molecule has 0 radical (unpaired) electrons. The number of nitriles is 1. The number of aryl methyl sites for hydroxylation is 2. The molecule has 0 bridgehead atoms. The summed E-state index contributed by atoms with van der Waals surface area (Å²) in [5, 5.41) is 12.5. The summed E-state index contributed by atoms with van der Waals surface area (Å²) in [5.74, 6) is 1.48. The fourth-order valence-corrected chi connectivity index (χ4v) is 3.03. The minimum Gasteiger partial charge on any atom is -0.355 e. The van der Waals surface area contributed by atoms with Gasteiger partial charge < -0.3 is 16.0 Å². The molecule has 2 heterocycles. The Hall–Kier alpha value is -2.65. The van der Waals surface area contributed by atoms with E-state index >= 15 is 0 Å². The third-order valence-corrected chi connectivity index (χ3v) is 4.43. The van der Waals surface area contributed by atoms with Crippen LogP contribution in [-0.4, -0.2) is 29.1 Å². The Bertz CT molecular complexity index is 795. The number of rotatable bonds is 5. The number of anilines is 3. The number of nitrogens with one attached hydrogen (secondary N) is 1. The monoisotopic (exact) mass is 336 g/mol. The molecular weight excluding hydrogens is 312 g/mol. The van der Waals surface area contributed by atoms with Gasteiger partial charge in [-0.25, -0.2) is 4.98 Å². The van der Waals surface area contributed by atoms with E-state index in [-0.39, 0.29) is 6.04 Å². The van der Waals surface area contributed by atoms with E-state index in [0.717, 1.165) is 55.1 Å². The topological polar surface area (TPSA) is 90.9 Å². The molecule has 1 aromatic carbocycles. The summed E-state index contributed by atoms with van der Waals surface area (Å²) < 4.78 is 0. The lowest BCUT2D eigenvalue weighted by Gasteiger charge is -2.19. The fourth-order valence-electron chi connectivity index (χ4n) is 3.03. The minimum absolute atomic E-state index is 0.205. The summed E-state index contributed by atoms with van der Waals surface area (Å²) in [4.78, 5) is 11.5. The molecule has 130 valence electrons. The summed E-state index contributed by atoms with van der Waals surface area (Å²) in [6.45, 7) is 5.81. The van der Waals surface area contributed by atoms with Crippen molar-refractivity contribution < 1.29 is 0 Å². The maximum atomic E-state index is 9.21. The third kappa shape index (κ3) is 4.06. The SMILES string of the molecule is CCCc1cc(N2CCC(N)C2)nc(Nc2ccc(C)c(C#N)c2)n1. The molecule has 3 N–H and O–H groups in total. The highest BCUT2D eigenvalue weighted by Crippen LogP contribution is 2.23. The Kier molecular flexibility index (Phi) is 5.15. The standard InChI is InChI=1S/C19H24N6/c1-3-4-16-10-18(25-8-7-15(21)12-25)24-19(22-16)23-17-6-5-13(2)14(9-17)11-20/h5-6,9-10,15H,3-4,7-8,12,21H2,1-2H3,(H,22,23,24). The fraction of sp³-hybridized carbons (Fsp3) is 0.421. The van der Waals surface area contributed by atoms with Crippen molar-refractivity contribution in [1.29, 1.82) is 5.26 Å². The van der Waals surface area contributed by atoms with Gasteiger partial charge in [-0.05, 0) is 37.5 Å². The van der Waals surface area contributed by atoms with E-state index < -0.39 is 0 Å². The van der Waals surface area contributed by atoms with E-state index in [1.807, 2.05) is 25.1 Å². The van der Waals surface area contributed by atoms with Gasteiger partial charge in [-0.2, -0.15) is 10.2 Å². The van der Waals surface area contributed by atoms with Crippen LogP contribution >= 0.6 is 0 Å². The van der Waals surface area contributed by atoms with E-state index in [2.05, 4.69) is 39.2 Å². The Balaban J connectivity index is 1.89. The first-order valence-electron chi connectivity index (χ1n) is 8.75. The summed E-state index contributed by atoms with van der Waals surface area (Å²) in [5.41, 5.74) is 9.48. The maximum absolute atomic E-state index is 9.21. The van der Waals surface area contributed by atoms with Gasteiger partial charge >= 0.3 is 0 Å². The highest BCUT2D eigenvalue weighted by atomic mass is 15.2. The smallest absolute Gasteiger partial charge is 0.229 e. The molecule has 1 unspecified atom stereocenters.